The fourth-order valence-electron chi connectivity index (χ4n) is 6.61. The van der Waals surface area contributed by atoms with Crippen LogP contribution in [0.4, 0.5) is 10.6 Å². The normalized spacial score (nSPS) is 20.1. The number of anilines is 1. The molecule has 2 atom stereocenters. The number of hydrogen-bond donors (Lipinski definition) is 1. The maximum atomic E-state index is 13.0. The molecule has 1 N–H and O–H groups in total. The van der Waals surface area contributed by atoms with Gasteiger partial charge in [-0.1, -0.05) is 37.3 Å². The molecule has 2 fully saturated rings. The van der Waals surface area contributed by atoms with Gasteiger partial charge in [0.2, 0.25) is 0 Å². The van der Waals surface area contributed by atoms with Crippen LogP contribution >= 0.6 is 11.6 Å². The molecule has 46 heavy (non-hydrogen) atoms. The molecule has 0 spiro atoms. The summed E-state index contributed by atoms with van der Waals surface area (Å²) in [7, 11) is 0.399. The van der Waals surface area contributed by atoms with Crippen LogP contribution in [0.3, 0.4) is 0 Å². The van der Waals surface area contributed by atoms with Gasteiger partial charge in [0.25, 0.3) is 5.56 Å². The van der Waals surface area contributed by atoms with Gasteiger partial charge in [-0.25, -0.2) is 19.7 Å². The molecule has 2 aliphatic rings. The van der Waals surface area contributed by atoms with Gasteiger partial charge < -0.3 is 28.8 Å². The van der Waals surface area contributed by atoms with E-state index in [-0.39, 0.29) is 29.8 Å². The van der Waals surface area contributed by atoms with E-state index in [0.717, 1.165) is 43.1 Å². The van der Waals surface area contributed by atoms with E-state index >= 15 is 0 Å². The van der Waals surface area contributed by atoms with E-state index in [1.807, 2.05) is 49.9 Å². The number of halogens is 1. The van der Waals surface area contributed by atoms with Gasteiger partial charge in [0.15, 0.2) is 5.65 Å². The smallest absolute Gasteiger partial charge is 0.407 e. The fraction of sp³-hybridized carbons (Fsp3) is 0.545. The second-order valence-electron chi connectivity index (χ2n) is 14.8. The van der Waals surface area contributed by atoms with Crippen LogP contribution in [0.5, 0.6) is 0 Å². The number of nitrogens with one attached hydrogen (secondary N) is 1. The standard InChI is InChI=1S/C33H44ClN7O4Si/c1-33(2,3)45-32(43)37-20-14-21-8-9-22(15-20)41(21)26-16-35-29-24(17-40(30(29)38-26)19-44-12-13-46(5,6)7)23-10-11-25-27(28(23)34)31(42)39(4)18-36-25/h10-11,16-18,20-22H,8-9,12-15,19H2,1-7H3,(H,37,43). The van der Waals surface area contributed by atoms with Crippen molar-refractivity contribution in [2.24, 2.45) is 7.05 Å². The Morgan fingerprint density at radius 1 is 1.11 bits per heavy atom. The van der Waals surface area contributed by atoms with Crippen molar-refractivity contribution in [2.75, 3.05) is 11.5 Å². The van der Waals surface area contributed by atoms with Gasteiger partial charge in [-0.3, -0.25) is 4.79 Å². The Balaban J connectivity index is 1.34. The predicted molar refractivity (Wildman–Crippen MR) is 184 cm³/mol. The molecule has 3 aromatic heterocycles. The molecular weight excluding hydrogens is 622 g/mol. The van der Waals surface area contributed by atoms with Crippen LogP contribution in [0.25, 0.3) is 33.2 Å². The third-order valence-corrected chi connectivity index (χ3v) is 10.9. The summed E-state index contributed by atoms with van der Waals surface area (Å²) in [6, 6.07) is 5.28. The van der Waals surface area contributed by atoms with E-state index in [1.54, 1.807) is 7.05 Å². The highest BCUT2D eigenvalue weighted by Gasteiger charge is 2.42. The third-order valence-electron chi connectivity index (χ3n) is 8.81. The summed E-state index contributed by atoms with van der Waals surface area (Å²) in [5, 5.41) is 3.81. The van der Waals surface area contributed by atoms with Crippen LogP contribution in [0.15, 0.2) is 35.6 Å². The Labute approximate surface area is 275 Å². The van der Waals surface area contributed by atoms with E-state index in [0.29, 0.717) is 46.0 Å². The number of rotatable bonds is 8. The highest BCUT2D eigenvalue weighted by atomic mass is 35.5. The first-order chi connectivity index (χ1) is 21.7. The number of nitrogens with zero attached hydrogens (tertiary/aromatic N) is 6. The highest BCUT2D eigenvalue weighted by molar-refractivity contribution is 6.76. The van der Waals surface area contributed by atoms with Gasteiger partial charge in [-0.15, -0.1) is 0 Å². The summed E-state index contributed by atoms with van der Waals surface area (Å²) >= 11 is 6.94. The number of amides is 1. The Morgan fingerprint density at radius 2 is 1.83 bits per heavy atom. The number of carbonyl (C=O) groups excluding carboxylic acids is 1. The maximum Gasteiger partial charge on any atom is 0.407 e. The fourth-order valence-corrected chi connectivity index (χ4v) is 7.70. The molecule has 13 heteroatoms. The number of aryl methyl sites for hydroxylation is 1. The summed E-state index contributed by atoms with van der Waals surface area (Å²) in [4.78, 5) is 42.5. The number of aromatic nitrogens is 5. The van der Waals surface area contributed by atoms with E-state index in [4.69, 9.17) is 31.0 Å². The molecular formula is C33H44ClN7O4Si. The van der Waals surface area contributed by atoms with Crippen LogP contribution in [0, 0.1) is 0 Å². The number of alkyl carbamates (subject to hydrolysis) is 1. The predicted octanol–water partition coefficient (Wildman–Crippen LogP) is 6.34. The Kier molecular flexibility index (Phi) is 8.66. The second kappa shape index (κ2) is 12.3. The lowest BCUT2D eigenvalue weighted by molar-refractivity contribution is 0.0492. The number of piperidine rings is 1. The molecule has 1 aromatic carbocycles. The average molecular weight is 666 g/mol. The minimum atomic E-state index is -1.27. The molecule has 1 amide bonds. The van der Waals surface area contributed by atoms with Gasteiger partial charge in [0.05, 0.1) is 28.4 Å². The summed E-state index contributed by atoms with van der Waals surface area (Å²) in [6.45, 7) is 13.6. The van der Waals surface area contributed by atoms with E-state index in [2.05, 4.69) is 34.8 Å². The minimum Gasteiger partial charge on any atom is -0.444 e. The summed E-state index contributed by atoms with van der Waals surface area (Å²) in [5.74, 6) is 0.811. The van der Waals surface area contributed by atoms with Crippen LogP contribution in [0.1, 0.15) is 46.5 Å². The van der Waals surface area contributed by atoms with Crippen molar-refractivity contribution in [3.05, 3.63) is 46.2 Å². The van der Waals surface area contributed by atoms with Crippen molar-refractivity contribution in [3.63, 3.8) is 0 Å². The van der Waals surface area contributed by atoms with Crippen molar-refractivity contribution in [2.45, 2.75) is 103 Å². The number of benzene rings is 1. The zero-order valence-corrected chi connectivity index (χ0v) is 29.5. The van der Waals surface area contributed by atoms with Crippen molar-refractivity contribution in [1.29, 1.82) is 0 Å². The van der Waals surface area contributed by atoms with E-state index < -0.39 is 13.7 Å². The van der Waals surface area contributed by atoms with E-state index in [9.17, 15) is 9.59 Å². The van der Waals surface area contributed by atoms with Crippen molar-refractivity contribution < 1.29 is 14.3 Å². The van der Waals surface area contributed by atoms with Crippen molar-refractivity contribution >= 4 is 53.7 Å². The number of hydrogen-bond acceptors (Lipinski definition) is 8. The number of carbonyl (C=O) groups is 1. The minimum absolute atomic E-state index is 0.0489. The number of fused-ring (bicyclic) bond motifs is 4. The summed E-state index contributed by atoms with van der Waals surface area (Å²) in [6.07, 6.45) is 8.63. The lowest BCUT2D eigenvalue weighted by Gasteiger charge is -2.39. The quantitative estimate of drug-likeness (QED) is 0.171. The summed E-state index contributed by atoms with van der Waals surface area (Å²) < 4.78 is 15.1. The molecule has 2 unspecified atom stereocenters. The molecule has 6 rings (SSSR count). The van der Waals surface area contributed by atoms with Gasteiger partial charge in [0, 0.05) is 57.2 Å². The molecule has 0 saturated carbocycles. The van der Waals surface area contributed by atoms with Crippen molar-refractivity contribution in [3.8, 4) is 11.1 Å². The second-order valence-corrected chi connectivity index (χ2v) is 20.8. The first-order valence-electron chi connectivity index (χ1n) is 16.0. The average Bonchev–Trinajstić information content (AvgIpc) is 3.45. The maximum absolute atomic E-state index is 13.0. The third kappa shape index (κ3) is 6.65. The zero-order chi connectivity index (χ0) is 33.0. The first kappa shape index (κ1) is 32.5. The SMILES string of the molecule is Cn1cnc2ccc(-c3cn(COCC[Si](C)(C)C)c4nc(N5C6CCC5CC(NC(=O)OC(C)(C)C)C6)cnc34)c(Cl)c2c1=O. The molecule has 4 aromatic rings. The Morgan fingerprint density at radius 3 is 2.50 bits per heavy atom. The monoisotopic (exact) mass is 665 g/mol. The van der Waals surface area contributed by atoms with Gasteiger partial charge in [0.1, 0.15) is 23.7 Å². The molecule has 0 radical (unpaired) electrons. The Bertz CT molecular complexity index is 1830. The highest BCUT2D eigenvalue weighted by Crippen LogP contribution is 2.41. The molecule has 246 valence electrons. The van der Waals surface area contributed by atoms with Crippen molar-refractivity contribution in [1.82, 2.24) is 29.4 Å². The molecule has 5 heterocycles. The largest absolute Gasteiger partial charge is 0.444 e. The van der Waals surface area contributed by atoms with Crippen LogP contribution < -0.4 is 15.8 Å². The van der Waals surface area contributed by atoms with E-state index in [1.165, 1.54) is 10.9 Å². The molecule has 0 aliphatic carbocycles. The van der Waals surface area contributed by atoms with Crippen LogP contribution in [-0.4, -0.2) is 68.6 Å². The molecule has 11 nitrogen and oxygen atoms in total. The zero-order valence-electron chi connectivity index (χ0n) is 27.8. The topological polar surface area (TPSA) is 116 Å². The lowest BCUT2D eigenvalue weighted by atomic mass is 9.97. The number of ether oxygens (including phenoxy) is 2. The van der Waals surface area contributed by atoms with Crippen LogP contribution in [-0.2, 0) is 23.3 Å². The molecule has 2 aliphatic heterocycles. The Hall–Kier alpha value is -3.48. The van der Waals surface area contributed by atoms with Gasteiger partial charge in [-0.05, 0) is 58.6 Å². The van der Waals surface area contributed by atoms with Gasteiger partial charge >= 0.3 is 6.09 Å². The lowest BCUT2D eigenvalue weighted by Crippen LogP contribution is -2.51. The molecule has 2 bridgehead atoms. The van der Waals surface area contributed by atoms with Gasteiger partial charge in [-0.2, -0.15) is 0 Å². The van der Waals surface area contributed by atoms with Crippen LogP contribution in [0.2, 0.25) is 30.7 Å². The summed E-state index contributed by atoms with van der Waals surface area (Å²) in [5.41, 5.74) is 2.67. The first-order valence-corrected chi connectivity index (χ1v) is 20.1. The molecule has 2 saturated heterocycles.